The molecule has 114 valence electrons. The second kappa shape index (κ2) is 12.4. The molecule has 0 saturated heterocycles. The number of hydrogen-bond donors (Lipinski definition) is 3. The van der Waals surface area contributed by atoms with Crippen LogP contribution in [0.2, 0.25) is 0 Å². The summed E-state index contributed by atoms with van der Waals surface area (Å²) < 4.78 is 0. The van der Waals surface area contributed by atoms with Gasteiger partial charge in [0.2, 0.25) is 0 Å². The smallest absolute Gasteiger partial charge is 0.306 e. The van der Waals surface area contributed by atoms with Gasteiger partial charge in [-0.3, -0.25) is 4.79 Å². The first-order chi connectivity index (χ1) is 9.17. The van der Waals surface area contributed by atoms with Gasteiger partial charge in [0.1, 0.15) is 0 Å². The van der Waals surface area contributed by atoms with Gasteiger partial charge in [0.25, 0.3) is 0 Å². The summed E-state index contributed by atoms with van der Waals surface area (Å²) in [5.41, 5.74) is 0. The Labute approximate surface area is 116 Å². The maximum absolute atomic E-state index is 11.1. The summed E-state index contributed by atoms with van der Waals surface area (Å²) in [6.45, 7) is 1.68. The van der Waals surface area contributed by atoms with Crippen LogP contribution < -0.4 is 0 Å². The van der Waals surface area contributed by atoms with Crippen molar-refractivity contribution in [3.8, 4) is 0 Å². The van der Waals surface area contributed by atoms with Gasteiger partial charge >= 0.3 is 5.97 Å². The molecule has 0 spiro atoms. The van der Waals surface area contributed by atoms with Crippen molar-refractivity contribution < 1.29 is 20.1 Å². The molecule has 0 aliphatic rings. The summed E-state index contributed by atoms with van der Waals surface area (Å²) in [5, 5.41) is 27.2. The summed E-state index contributed by atoms with van der Waals surface area (Å²) in [7, 11) is 0. The fraction of sp³-hybridized carbons (Fsp3) is 0.933. The van der Waals surface area contributed by atoms with Gasteiger partial charge in [0.15, 0.2) is 0 Å². The highest BCUT2D eigenvalue weighted by molar-refractivity contribution is 5.70. The van der Waals surface area contributed by atoms with Crippen molar-refractivity contribution in [3.63, 3.8) is 0 Å². The number of aliphatic hydroxyl groups is 2. The monoisotopic (exact) mass is 274 g/mol. The molecule has 0 aromatic heterocycles. The molecule has 0 bridgehead atoms. The van der Waals surface area contributed by atoms with Crippen molar-refractivity contribution in [1.82, 2.24) is 0 Å². The number of aliphatic hydroxyl groups excluding tert-OH is 2. The number of hydrogen-bond acceptors (Lipinski definition) is 3. The fourth-order valence-corrected chi connectivity index (χ4v) is 2.37. The summed E-state index contributed by atoms with van der Waals surface area (Å²) in [6.07, 6.45) is 9.95. The third kappa shape index (κ3) is 9.00. The molecule has 1 atom stereocenters. The predicted octanol–water partition coefficient (Wildman–Crippen LogP) is 2.82. The Balaban J connectivity index is 3.68. The molecule has 3 N–H and O–H groups in total. The van der Waals surface area contributed by atoms with Crippen LogP contribution in [0.25, 0.3) is 0 Å². The van der Waals surface area contributed by atoms with Gasteiger partial charge in [0, 0.05) is 19.1 Å². The van der Waals surface area contributed by atoms with E-state index in [1.807, 2.05) is 0 Å². The zero-order valence-electron chi connectivity index (χ0n) is 12.2. The van der Waals surface area contributed by atoms with Gasteiger partial charge in [0.05, 0.1) is 5.92 Å². The van der Waals surface area contributed by atoms with Gasteiger partial charge in [-0.25, -0.2) is 0 Å². The highest BCUT2D eigenvalue weighted by Crippen LogP contribution is 2.20. The van der Waals surface area contributed by atoms with Crippen molar-refractivity contribution >= 4 is 5.97 Å². The molecule has 0 radical (unpaired) electrons. The molecule has 19 heavy (non-hydrogen) atoms. The molecular weight excluding hydrogens is 244 g/mol. The fourth-order valence-electron chi connectivity index (χ4n) is 2.37. The van der Waals surface area contributed by atoms with Crippen LogP contribution in [-0.2, 0) is 4.79 Å². The van der Waals surface area contributed by atoms with Gasteiger partial charge in [-0.05, 0) is 6.42 Å². The van der Waals surface area contributed by atoms with Gasteiger partial charge < -0.3 is 15.3 Å². The SMILES string of the molecule is CCCCCCCCCCC(C(=O)O)C(CO)CO. The van der Waals surface area contributed by atoms with Crippen molar-refractivity contribution in [2.24, 2.45) is 11.8 Å². The van der Waals surface area contributed by atoms with Crippen LogP contribution in [0.4, 0.5) is 0 Å². The largest absolute Gasteiger partial charge is 0.481 e. The minimum Gasteiger partial charge on any atom is -0.481 e. The standard InChI is InChI=1S/C15H30O4/c1-2-3-4-5-6-7-8-9-10-14(15(18)19)13(11-16)12-17/h13-14,16-17H,2-12H2,1H3,(H,18,19). The third-order valence-electron chi connectivity index (χ3n) is 3.72. The molecule has 0 amide bonds. The van der Waals surface area contributed by atoms with Gasteiger partial charge in [-0.1, -0.05) is 58.3 Å². The molecule has 0 rings (SSSR count). The number of rotatable bonds is 13. The number of carboxylic acid groups (broad SMARTS) is 1. The number of unbranched alkanes of at least 4 members (excludes halogenated alkanes) is 7. The Morgan fingerprint density at radius 2 is 1.37 bits per heavy atom. The first kappa shape index (κ1) is 18.4. The minimum atomic E-state index is -0.906. The highest BCUT2D eigenvalue weighted by atomic mass is 16.4. The Morgan fingerprint density at radius 1 is 0.895 bits per heavy atom. The lowest BCUT2D eigenvalue weighted by Gasteiger charge is -2.19. The van der Waals surface area contributed by atoms with Crippen LogP contribution >= 0.6 is 0 Å². The number of carboxylic acids is 1. The first-order valence-corrected chi connectivity index (χ1v) is 7.61. The second-order valence-electron chi connectivity index (χ2n) is 5.33. The average molecular weight is 274 g/mol. The molecule has 4 nitrogen and oxygen atoms in total. The van der Waals surface area contributed by atoms with Crippen LogP contribution in [0.15, 0.2) is 0 Å². The van der Waals surface area contributed by atoms with Crippen LogP contribution in [0.3, 0.4) is 0 Å². The van der Waals surface area contributed by atoms with Crippen LogP contribution in [-0.4, -0.2) is 34.5 Å². The second-order valence-corrected chi connectivity index (χ2v) is 5.33. The molecule has 0 heterocycles. The van der Waals surface area contributed by atoms with E-state index in [-0.39, 0.29) is 13.2 Å². The van der Waals surface area contributed by atoms with E-state index in [1.54, 1.807) is 0 Å². The van der Waals surface area contributed by atoms with Crippen molar-refractivity contribution in [2.45, 2.75) is 64.7 Å². The summed E-state index contributed by atoms with van der Waals surface area (Å²) in [4.78, 5) is 11.1. The Kier molecular flexibility index (Phi) is 12.0. The van der Waals surface area contributed by atoms with Gasteiger partial charge in [-0.2, -0.15) is 0 Å². The van der Waals surface area contributed by atoms with E-state index >= 15 is 0 Å². The Hall–Kier alpha value is -0.610. The van der Waals surface area contributed by atoms with Crippen molar-refractivity contribution in [3.05, 3.63) is 0 Å². The van der Waals surface area contributed by atoms with E-state index in [0.717, 1.165) is 19.3 Å². The lowest BCUT2D eigenvalue weighted by atomic mass is 9.88. The lowest BCUT2D eigenvalue weighted by Crippen LogP contribution is -2.29. The quantitative estimate of drug-likeness (QED) is 0.451. The number of aliphatic carboxylic acids is 1. The van der Waals surface area contributed by atoms with E-state index < -0.39 is 17.8 Å². The van der Waals surface area contributed by atoms with Crippen LogP contribution in [0.1, 0.15) is 64.7 Å². The van der Waals surface area contributed by atoms with E-state index in [9.17, 15) is 4.79 Å². The van der Waals surface area contributed by atoms with Crippen LogP contribution in [0.5, 0.6) is 0 Å². The molecular formula is C15H30O4. The normalized spacial score (nSPS) is 12.8. The average Bonchev–Trinajstić information content (AvgIpc) is 2.40. The molecule has 4 heteroatoms. The summed E-state index contributed by atoms with van der Waals surface area (Å²) >= 11 is 0. The molecule has 0 saturated carbocycles. The molecule has 1 unspecified atom stereocenters. The molecule has 0 aliphatic carbocycles. The summed E-state index contributed by atoms with van der Waals surface area (Å²) in [5.74, 6) is -2.05. The first-order valence-electron chi connectivity index (χ1n) is 7.61. The van der Waals surface area contributed by atoms with Crippen molar-refractivity contribution in [2.75, 3.05) is 13.2 Å². The van der Waals surface area contributed by atoms with E-state index in [1.165, 1.54) is 32.1 Å². The van der Waals surface area contributed by atoms with Gasteiger partial charge in [-0.15, -0.1) is 0 Å². The Morgan fingerprint density at radius 3 is 1.79 bits per heavy atom. The highest BCUT2D eigenvalue weighted by Gasteiger charge is 2.26. The van der Waals surface area contributed by atoms with E-state index in [0.29, 0.717) is 6.42 Å². The topological polar surface area (TPSA) is 77.8 Å². The predicted molar refractivity (Wildman–Crippen MR) is 76.0 cm³/mol. The van der Waals surface area contributed by atoms with Crippen LogP contribution in [0, 0.1) is 11.8 Å². The molecule has 0 aromatic rings. The van der Waals surface area contributed by atoms with E-state index in [2.05, 4.69) is 6.92 Å². The third-order valence-corrected chi connectivity index (χ3v) is 3.72. The maximum atomic E-state index is 11.1. The van der Waals surface area contributed by atoms with Crippen molar-refractivity contribution in [1.29, 1.82) is 0 Å². The minimum absolute atomic E-state index is 0.259. The number of carbonyl (C=O) groups is 1. The maximum Gasteiger partial charge on any atom is 0.306 e. The zero-order valence-corrected chi connectivity index (χ0v) is 12.2. The molecule has 0 fully saturated rings. The molecule has 0 aromatic carbocycles. The molecule has 0 aliphatic heterocycles. The zero-order chi connectivity index (χ0) is 14.5. The Bertz CT molecular complexity index is 214. The van der Waals surface area contributed by atoms with E-state index in [4.69, 9.17) is 15.3 Å². The lowest BCUT2D eigenvalue weighted by molar-refractivity contribution is -0.145. The summed E-state index contributed by atoms with van der Waals surface area (Å²) in [6, 6.07) is 0.